The first-order valence-corrected chi connectivity index (χ1v) is 6.12. The highest BCUT2D eigenvalue weighted by molar-refractivity contribution is 6.30. The van der Waals surface area contributed by atoms with Crippen LogP contribution in [-0.2, 0) is 11.2 Å². The number of nitrogens with two attached hydrogens (primary N) is 1. The fraction of sp³-hybridized carbons (Fsp3) is 0.462. The molecule has 2 nitrogen and oxygen atoms in total. The van der Waals surface area contributed by atoms with Gasteiger partial charge in [0.2, 0.25) is 0 Å². The van der Waals surface area contributed by atoms with Crippen molar-refractivity contribution in [3.63, 3.8) is 0 Å². The Bertz CT molecular complexity index is 395. The van der Waals surface area contributed by atoms with Crippen molar-refractivity contribution in [2.45, 2.75) is 38.6 Å². The maximum atomic E-state index is 12.9. The molecule has 4 heteroatoms. The van der Waals surface area contributed by atoms with Crippen LogP contribution in [0.2, 0.25) is 5.02 Å². The minimum absolute atomic E-state index is 0.0492. The van der Waals surface area contributed by atoms with E-state index in [0.29, 0.717) is 6.42 Å². The third-order valence-corrected chi connectivity index (χ3v) is 2.82. The topological polar surface area (TPSA) is 43.1 Å². The Balaban J connectivity index is 2.53. The molecule has 0 aromatic heterocycles. The van der Waals surface area contributed by atoms with E-state index < -0.39 is 5.82 Å². The zero-order valence-electron chi connectivity index (χ0n) is 9.88. The summed E-state index contributed by atoms with van der Waals surface area (Å²) < 4.78 is 12.9. The lowest BCUT2D eigenvalue weighted by atomic mass is 10.0. The van der Waals surface area contributed by atoms with Crippen LogP contribution in [0.25, 0.3) is 0 Å². The van der Waals surface area contributed by atoms with Crippen LogP contribution in [0, 0.1) is 5.82 Å². The van der Waals surface area contributed by atoms with E-state index in [-0.39, 0.29) is 23.3 Å². The second-order valence-corrected chi connectivity index (χ2v) is 4.62. The molecule has 1 unspecified atom stereocenters. The van der Waals surface area contributed by atoms with Crippen molar-refractivity contribution in [1.29, 1.82) is 0 Å². The predicted molar refractivity (Wildman–Crippen MR) is 67.6 cm³/mol. The Morgan fingerprint density at radius 2 is 2.24 bits per heavy atom. The molecule has 1 aromatic rings. The maximum absolute atomic E-state index is 12.9. The predicted octanol–water partition coefficient (Wildman–Crippen LogP) is 3.11. The number of carbonyl (C=O) groups excluding carboxylic acids is 1. The van der Waals surface area contributed by atoms with Gasteiger partial charge in [-0.3, -0.25) is 4.79 Å². The van der Waals surface area contributed by atoms with Crippen LogP contribution in [0.4, 0.5) is 4.39 Å². The van der Waals surface area contributed by atoms with E-state index >= 15 is 0 Å². The van der Waals surface area contributed by atoms with Gasteiger partial charge in [0.05, 0.1) is 5.02 Å². The van der Waals surface area contributed by atoms with E-state index in [0.717, 1.165) is 18.4 Å². The number of hydrogen-bond donors (Lipinski definition) is 1. The van der Waals surface area contributed by atoms with Gasteiger partial charge in [-0.1, -0.05) is 31.0 Å². The molecule has 0 amide bonds. The van der Waals surface area contributed by atoms with Gasteiger partial charge in [0, 0.05) is 18.9 Å². The van der Waals surface area contributed by atoms with Gasteiger partial charge in [-0.2, -0.15) is 0 Å². The fourth-order valence-corrected chi connectivity index (χ4v) is 1.92. The normalized spacial score (nSPS) is 12.5. The third-order valence-electron chi connectivity index (χ3n) is 2.53. The molecule has 0 radical (unpaired) electrons. The average Bonchev–Trinajstić information content (AvgIpc) is 2.23. The molecular formula is C13H17ClFNO. The molecule has 1 atom stereocenters. The summed E-state index contributed by atoms with van der Waals surface area (Å²) in [6.45, 7) is 2.03. The second kappa shape index (κ2) is 6.72. The van der Waals surface area contributed by atoms with Gasteiger partial charge in [-0.25, -0.2) is 4.39 Å². The standard InChI is InChI=1S/C13H17ClFNO/c1-2-3-10(16)8-11(17)6-9-4-5-13(15)12(14)7-9/h4-5,7,10H,2-3,6,8,16H2,1H3. The number of Topliss-reactive ketones (excluding diaryl/α,β-unsaturated/α-hetero) is 1. The second-order valence-electron chi connectivity index (χ2n) is 4.22. The summed E-state index contributed by atoms with van der Waals surface area (Å²) in [7, 11) is 0. The minimum Gasteiger partial charge on any atom is -0.327 e. The van der Waals surface area contributed by atoms with E-state index in [9.17, 15) is 9.18 Å². The summed E-state index contributed by atoms with van der Waals surface area (Å²) in [4.78, 5) is 11.7. The third kappa shape index (κ3) is 4.84. The fourth-order valence-electron chi connectivity index (χ4n) is 1.71. The molecule has 1 aromatic carbocycles. The van der Waals surface area contributed by atoms with Gasteiger partial charge in [0.25, 0.3) is 0 Å². The quantitative estimate of drug-likeness (QED) is 0.851. The number of ketones is 1. The van der Waals surface area contributed by atoms with Crippen LogP contribution in [0.15, 0.2) is 18.2 Å². The van der Waals surface area contributed by atoms with Crippen molar-refractivity contribution in [1.82, 2.24) is 0 Å². The molecule has 0 aliphatic carbocycles. The molecule has 2 N–H and O–H groups in total. The number of hydrogen-bond acceptors (Lipinski definition) is 2. The molecule has 0 aliphatic heterocycles. The molecule has 0 bridgehead atoms. The monoisotopic (exact) mass is 257 g/mol. The lowest BCUT2D eigenvalue weighted by Gasteiger charge is -2.09. The molecule has 0 spiro atoms. The highest BCUT2D eigenvalue weighted by Crippen LogP contribution is 2.17. The minimum atomic E-state index is -0.467. The van der Waals surface area contributed by atoms with Gasteiger partial charge in [0.1, 0.15) is 11.6 Å². The van der Waals surface area contributed by atoms with Gasteiger partial charge in [-0.05, 0) is 24.1 Å². The van der Waals surface area contributed by atoms with Crippen LogP contribution in [0.3, 0.4) is 0 Å². The van der Waals surface area contributed by atoms with E-state index in [1.54, 1.807) is 6.07 Å². The van der Waals surface area contributed by atoms with E-state index in [1.165, 1.54) is 12.1 Å². The molecular weight excluding hydrogens is 241 g/mol. The molecule has 0 saturated carbocycles. The van der Waals surface area contributed by atoms with Gasteiger partial charge < -0.3 is 5.73 Å². The lowest BCUT2D eigenvalue weighted by Crippen LogP contribution is -2.24. The molecule has 0 heterocycles. The van der Waals surface area contributed by atoms with Crippen molar-refractivity contribution in [2.24, 2.45) is 5.73 Å². The smallest absolute Gasteiger partial charge is 0.141 e. The van der Waals surface area contributed by atoms with Crippen LogP contribution < -0.4 is 5.73 Å². The molecule has 94 valence electrons. The van der Waals surface area contributed by atoms with E-state index in [4.69, 9.17) is 17.3 Å². The van der Waals surface area contributed by atoms with Gasteiger partial charge in [0.15, 0.2) is 0 Å². The highest BCUT2D eigenvalue weighted by atomic mass is 35.5. The summed E-state index contributed by atoms with van der Waals surface area (Å²) in [6.07, 6.45) is 2.44. The lowest BCUT2D eigenvalue weighted by molar-refractivity contribution is -0.118. The summed E-state index contributed by atoms with van der Waals surface area (Å²) in [6, 6.07) is 4.25. The van der Waals surface area contributed by atoms with Crippen molar-refractivity contribution >= 4 is 17.4 Å². The summed E-state index contributed by atoms with van der Waals surface area (Å²) >= 11 is 5.64. The molecule has 0 aliphatic rings. The molecule has 0 fully saturated rings. The van der Waals surface area contributed by atoms with Crippen LogP contribution in [0.5, 0.6) is 0 Å². The van der Waals surface area contributed by atoms with Crippen molar-refractivity contribution in [3.05, 3.63) is 34.6 Å². The van der Waals surface area contributed by atoms with Crippen LogP contribution in [-0.4, -0.2) is 11.8 Å². The Morgan fingerprint density at radius 3 is 2.82 bits per heavy atom. The van der Waals surface area contributed by atoms with E-state index in [1.807, 2.05) is 6.92 Å². The van der Waals surface area contributed by atoms with Crippen LogP contribution in [0.1, 0.15) is 31.7 Å². The zero-order valence-corrected chi connectivity index (χ0v) is 10.6. The first-order valence-electron chi connectivity index (χ1n) is 5.74. The Labute approximate surface area is 106 Å². The number of rotatable bonds is 6. The SMILES string of the molecule is CCCC(N)CC(=O)Cc1ccc(F)c(Cl)c1. The Hall–Kier alpha value is -0.930. The average molecular weight is 258 g/mol. The zero-order chi connectivity index (χ0) is 12.8. The van der Waals surface area contributed by atoms with Gasteiger partial charge in [-0.15, -0.1) is 0 Å². The maximum Gasteiger partial charge on any atom is 0.141 e. The number of carbonyl (C=O) groups is 1. The van der Waals surface area contributed by atoms with Crippen molar-refractivity contribution in [2.75, 3.05) is 0 Å². The first kappa shape index (κ1) is 14.1. The summed E-state index contributed by atoms with van der Waals surface area (Å²) in [5, 5.41) is 0.0492. The number of halogens is 2. The summed E-state index contributed by atoms with van der Waals surface area (Å²) in [5.74, 6) is -0.404. The van der Waals surface area contributed by atoms with Gasteiger partial charge >= 0.3 is 0 Å². The number of benzene rings is 1. The Morgan fingerprint density at radius 1 is 1.53 bits per heavy atom. The van der Waals surface area contributed by atoms with Crippen molar-refractivity contribution < 1.29 is 9.18 Å². The first-order chi connectivity index (χ1) is 8.02. The molecule has 17 heavy (non-hydrogen) atoms. The van der Waals surface area contributed by atoms with Crippen LogP contribution >= 0.6 is 11.6 Å². The Kier molecular flexibility index (Phi) is 5.59. The van der Waals surface area contributed by atoms with E-state index in [2.05, 4.69) is 0 Å². The highest BCUT2D eigenvalue weighted by Gasteiger charge is 2.10. The van der Waals surface area contributed by atoms with Crippen molar-refractivity contribution in [3.8, 4) is 0 Å². The molecule has 1 rings (SSSR count). The molecule has 0 saturated heterocycles. The summed E-state index contributed by atoms with van der Waals surface area (Å²) in [5.41, 5.74) is 6.51. The largest absolute Gasteiger partial charge is 0.327 e.